The number of ether oxygens (including phenoxy) is 1. The van der Waals surface area contributed by atoms with Gasteiger partial charge in [-0.05, 0) is 29.8 Å². The lowest BCUT2D eigenvalue weighted by atomic mass is 10.1. The molecule has 0 aliphatic carbocycles. The van der Waals surface area contributed by atoms with E-state index in [0.717, 1.165) is 6.07 Å². The first kappa shape index (κ1) is 21.7. The van der Waals surface area contributed by atoms with E-state index < -0.39 is 39.5 Å². The fourth-order valence-electron chi connectivity index (χ4n) is 3.22. The largest absolute Gasteiger partial charge is 0.465 e. The van der Waals surface area contributed by atoms with E-state index in [2.05, 4.69) is 10.1 Å². The van der Waals surface area contributed by atoms with Crippen LogP contribution in [0.15, 0.2) is 42.5 Å². The molecule has 0 bridgehead atoms. The lowest BCUT2D eigenvalue weighted by Crippen LogP contribution is -2.49. The molecule has 1 atom stereocenters. The SMILES string of the molecule is COC(=O)c1ccc(CNC(=O)N2CCS(=O)(=O)CC2c2ccc(F)cc2)c(F)c1. The second-order valence-electron chi connectivity index (χ2n) is 6.83. The standard InChI is InChI=1S/C20H20F2N2O5S/c1-29-19(25)14-2-3-15(17(22)10-14)11-23-20(26)24-8-9-30(27,28)12-18(24)13-4-6-16(21)7-5-13/h2-7,10,18H,8-9,11-12H2,1H3,(H,23,26). The van der Waals surface area contributed by atoms with Crippen LogP contribution in [0.25, 0.3) is 0 Å². The van der Waals surface area contributed by atoms with Crippen molar-refractivity contribution >= 4 is 21.8 Å². The number of halogens is 2. The maximum Gasteiger partial charge on any atom is 0.337 e. The normalized spacial score (nSPS) is 18.0. The average molecular weight is 438 g/mol. The summed E-state index contributed by atoms with van der Waals surface area (Å²) in [6.07, 6.45) is 0. The first-order chi connectivity index (χ1) is 14.2. The Kier molecular flexibility index (Phi) is 6.35. The van der Waals surface area contributed by atoms with Gasteiger partial charge in [-0.3, -0.25) is 0 Å². The topological polar surface area (TPSA) is 92.8 Å². The van der Waals surface area contributed by atoms with Crippen molar-refractivity contribution in [1.29, 1.82) is 0 Å². The number of esters is 1. The van der Waals surface area contributed by atoms with E-state index in [-0.39, 0.29) is 35.7 Å². The molecule has 1 aliphatic heterocycles. The van der Waals surface area contributed by atoms with E-state index in [4.69, 9.17) is 0 Å². The van der Waals surface area contributed by atoms with Gasteiger partial charge >= 0.3 is 12.0 Å². The van der Waals surface area contributed by atoms with Crippen molar-refractivity contribution in [2.45, 2.75) is 12.6 Å². The fourth-order valence-corrected chi connectivity index (χ4v) is 4.71. The summed E-state index contributed by atoms with van der Waals surface area (Å²) < 4.78 is 56.2. The summed E-state index contributed by atoms with van der Waals surface area (Å²) in [5.41, 5.74) is 0.685. The smallest absolute Gasteiger partial charge is 0.337 e. The van der Waals surface area contributed by atoms with Crippen LogP contribution in [-0.2, 0) is 21.1 Å². The Morgan fingerprint density at radius 1 is 1.17 bits per heavy atom. The second-order valence-corrected chi connectivity index (χ2v) is 9.06. The Labute approximate surface area is 172 Å². The number of carbonyl (C=O) groups excluding carboxylic acids is 2. The zero-order valence-corrected chi connectivity index (χ0v) is 16.9. The minimum absolute atomic E-state index is 0.0417. The highest BCUT2D eigenvalue weighted by Crippen LogP contribution is 2.27. The molecule has 0 saturated carbocycles. The van der Waals surface area contributed by atoms with Crippen molar-refractivity contribution in [1.82, 2.24) is 10.2 Å². The number of carbonyl (C=O) groups is 2. The van der Waals surface area contributed by atoms with Crippen LogP contribution < -0.4 is 5.32 Å². The van der Waals surface area contributed by atoms with E-state index in [0.29, 0.717) is 5.56 Å². The van der Waals surface area contributed by atoms with Crippen LogP contribution in [0.3, 0.4) is 0 Å². The van der Waals surface area contributed by atoms with Crippen LogP contribution in [0, 0.1) is 11.6 Å². The molecule has 1 heterocycles. The maximum absolute atomic E-state index is 14.2. The third-order valence-electron chi connectivity index (χ3n) is 4.85. The third-order valence-corrected chi connectivity index (χ3v) is 6.48. The highest BCUT2D eigenvalue weighted by atomic mass is 32.2. The molecular formula is C20H20F2N2O5S. The molecule has 1 saturated heterocycles. The molecule has 160 valence electrons. The van der Waals surface area contributed by atoms with Crippen LogP contribution in [0.5, 0.6) is 0 Å². The summed E-state index contributed by atoms with van der Waals surface area (Å²) in [4.78, 5) is 25.5. The van der Waals surface area contributed by atoms with Crippen molar-refractivity contribution in [3.8, 4) is 0 Å². The van der Waals surface area contributed by atoms with Gasteiger partial charge in [-0.15, -0.1) is 0 Å². The van der Waals surface area contributed by atoms with E-state index in [1.165, 1.54) is 48.4 Å². The summed E-state index contributed by atoms with van der Waals surface area (Å²) in [7, 11) is -2.18. The molecule has 0 spiro atoms. The molecule has 1 unspecified atom stereocenters. The van der Waals surface area contributed by atoms with E-state index in [9.17, 15) is 26.8 Å². The van der Waals surface area contributed by atoms with Gasteiger partial charge in [-0.25, -0.2) is 26.8 Å². The maximum atomic E-state index is 14.2. The molecule has 1 aliphatic rings. The lowest BCUT2D eigenvalue weighted by molar-refractivity contribution is 0.0600. The van der Waals surface area contributed by atoms with Crippen molar-refractivity contribution in [2.24, 2.45) is 0 Å². The predicted octanol–water partition coefficient (Wildman–Crippen LogP) is 2.43. The van der Waals surface area contributed by atoms with Crippen LogP contribution in [0.2, 0.25) is 0 Å². The van der Waals surface area contributed by atoms with Crippen LogP contribution in [0.4, 0.5) is 13.6 Å². The summed E-state index contributed by atoms with van der Waals surface area (Å²) in [5, 5.41) is 2.57. The molecule has 2 amide bonds. The van der Waals surface area contributed by atoms with E-state index >= 15 is 0 Å². The fraction of sp³-hybridized carbons (Fsp3) is 0.300. The number of nitrogens with one attached hydrogen (secondary N) is 1. The van der Waals surface area contributed by atoms with E-state index in [1.54, 1.807) is 0 Å². The predicted molar refractivity (Wildman–Crippen MR) is 104 cm³/mol. The van der Waals surface area contributed by atoms with Gasteiger partial charge in [0, 0.05) is 18.7 Å². The molecule has 7 nitrogen and oxygen atoms in total. The quantitative estimate of drug-likeness (QED) is 0.741. The number of urea groups is 1. The minimum atomic E-state index is -3.37. The molecule has 2 aromatic rings. The number of hydrogen-bond donors (Lipinski definition) is 1. The molecule has 2 aromatic carbocycles. The molecule has 10 heteroatoms. The summed E-state index contributed by atoms with van der Waals surface area (Å²) in [6.45, 7) is -0.203. The lowest BCUT2D eigenvalue weighted by Gasteiger charge is -2.35. The molecule has 1 fully saturated rings. The highest BCUT2D eigenvalue weighted by Gasteiger charge is 2.35. The van der Waals surface area contributed by atoms with Gasteiger partial charge in [0.05, 0.1) is 30.2 Å². The number of hydrogen-bond acceptors (Lipinski definition) is 5. The average Bonchev–Trinajstić information content (AvgIpc) is 2.72. The van der Waals surface area contributed by atoms with Crippen molar-refractivity contribution < 1.29 is 31.5 Å². The number of methoxy groups -OCH3 is 1. The molecular weight excluding hydrogens is 418 g/mol. The zero-order valence-electron chi connectivity index (χ0n) is 16.1. The number of benzene rings is 2. The Morgan fingerprint density at radius 3 is 2.50 bits per heavy atom. The summed E-state index contributed by atoms with van der Waals surface area (Å²) in [6, 6.07) is 7.67. The molecule has 0 aromatic heterocycles. The third kappa shape index (κ3) is 4.93. The Balaban J connectivity index is 1.74. The summed E-state index contributed by atoms with van der Waals surface area (Å²) in [5.74, 6) is -2.32. The second kappa shape index (κ2) is 8.78. The number of amides is 2. The van der Waals surface area contributed by atoms with Gasteiger partial charge in [0.1, 0.15) is 11.6 Å². The Bertz CT molecular complexity index is 1060. The molecule has 3 rings (SSSR count). The minimum Gasteiger partial charge on any atom is -0.465 e. The van der Waals surface area contributed by atoms with Crippen LogP contribution in [-0.4, -0.2) is 50.5 Å². The van der Waals surface area contributed by atoms with Gasteiger partial charge in [0.25, 0.3) is 0 Å². The van der Waals surface area contributed by atoms with Crippen LogP contribution in [0.1, 0.15) is 27.5 Å². The van der Waals surface area contributed by atoms with Crippen molar-refractivity contribution in [3.63, 3.8) is 0 Å². The monoisotopic (exact) mass is 438 g/mol. The van der Waals surface area contributed by atoms with Gasteiger partial charge in [-0.1, -0.05) is 18.2 Å². The molecule has 30 heavy (non-hydrogen) atoms. The molecule has 1 N–H and O–H groups in total. The number of sulfone groups is 1. The number of nitrogens with zero attached hydrogens (tertiary/aromatic N) is 1. The first-order valence-corrected chi connectivity index (χ1v) is 10.9. The van der Waals surface area contributed by atoms with Gasteiger partial charge < -0.3 is 15.0 Å². The summed E-state index contributed by atoms with van der Waals surface area (Å²) >= 11 is 0. The van der Waals surface area contributed by atoms with Gasteiger partial charge in [-0.2, -0.15) is 0 Å². The zero-order chi connectivity index (χ0) is 21.9. The van der Waals surface area contributed by atoms with Crippen molar-refractivity contribution in [2.75, 3.05) is 25.2 Å². The van der Waals surface area contributed by atoms with Gasteiger partial charge in [0.2, 0.25) is 0 Å². The highest BCUT2D eigenvalue weighted by molar-refractivity contribution is 7.91. The first-order valence-electron chi connectivity index (χ1n) is 9.07. The van der Waals surface area contributed by atoms with Crippen molar-refractivity contribution in [3.05, 3.63) is 70.8 Å². The van der Waals surface area contributed by atoms with E-state index in [1.807, 2.05) is 0 Å². The molecule has 0 radical (unpaired) electrons. The number of rotatable bonds is 4. The Morgan fingerprint density at radius 2 is 1.87 bits per heavy atom. The van der Waals surface area contributed by atoms with Gasteiger partial charge in [0.15, 0.2) is 9.84 Å². The Hall–Kier alpha value is -3.01. The van der Waals surface area contributed by atoms with Crippen LogP contribution >= 0.6 is 0 Å².